The summed E-state index contributed by atoms with van der Waals surface area (Å²) in [5.74, 6) is 1.15. The second-order valence-electron chi connectivity index (χ2n) is 6.57. The summed E-state index contributed by atoms with van der Waals surface area (Å²) >= 11 is 5.08. The maximum absolute atomic E-state index is 13.1. The Morgan fingerprint density at radius 2 is 2.14 bits per heavy atom. The molecule has 0 fully saturated rings. The predicted octanol–water partition coefficient (Wildman–Crippen LogP) is 5.03. The van der Waals surface area contributed by atoms with Crippen LogP contribution >= 0.6 is 34.0 Å². The summed E-state index contributed by atoms with van der Waals surface area (Å²) in [6, 6.07) is 8.30. The number of carbonyl (C=O) groups excluding carboxylic acids is 1. The van der Waals surface area contributed by atoms with Crippen molar-refractivity contribution in [3.05, 3.63) is 67.0 Å². The van der Waals surface area contributed by atoms with Gasteiger partial charge in [0.2, 0.25) is 17.7 Å². The third kappa shape index (κ3) is 3.32. The molecule has 28 heavy (non-hydrogen) atoms. The van der Waals surface area contributed by atoms with Crippen molar-refractivity contribution in [1.82, 2.24) is 15.1 Å². The molecule has 142 valence electrons. The van der Waals surface area contributed by atoms with Crippen LogP contribution < -0.4 is 0 Å². The lowest BCUT2D eigenvalue weighted by molar-refractivity contribution is -0.133. The molecule has 0 N–H and O–H groups in total. The van der Waals surface area contributed by atoms with Crippen molar-refractivity contribution in [2.75, 3.05) is 6.54 Å². The normalized spacial score (nSPS) is 16.3. The highest BCUT2D eigenvalue weighted by molar-refractivity contribution is 7.10. The number of rotatable bonds is 5. The zero-order chi connectivity index (χ0) is 18.9. The molecular formula is C20H17N3O2S3. The van der Waals surface area contributed by atoms with Gasteiger partial charge >= 0.3 is 0 Å². The van der Waals surface area contributed by atoms with Gasteiger partial charge in [-0.1, -0.05) is 6.07 Å². The molecular weight excluding hydrogens is 410 g/mol. The van der Waals surface area contributed by atoms with E-state index in [9.17, 15) is 4.79 Å². The van der Waals surface area contributed by atoms with Gasteiger partial charge in [0.05, 0.1) is 6.04 Å². The van der Waals surface area contributed by atoms with Crippen molar-refractivity contribution < 1.29 is 9.21 Å². The van der Waals surface area contributed by atoms with Crippen molar-refractivity contribution in [1.29, 1.82) is 0 Å². The zero-order valence-corrected chi connectivity index (χ0v) is 17.4. The summed E-state index contributed by atoms with van der Waals surface area (Å²) in [7, 11) is 0. The molecule has 0 saturated carbocycles. The lowest BCUT2D eigenvalue weighted by Gasteiger charge is -2.35. The maximum atomic E-state index is 13.1. The van der Waals surface area contributed by atoms with Gasteiger partial charge in [-0.15, -0.1) is 32.9 Å². The van der Waals surface area contributed by atoms with Crippen LogP contribution in [0.1, 0.15) is 33.7 Å². The van der Waals surface area contributed by atoms with E-state index in [1.807, 2.05) is 27.8 Å². The first-order chi connectivity index (χ1) is 13.8. The number of aromatic nitrogens is 2. The van der Waals surface area contributed by atoms with Crippen LogP contribution in [0.4, 0.5) is 0 Å². The van der Waals surface area contributed by atoms with Gasteiger partial charge in [-0.3, -0.25) is 4.79 Å². The lowest BCUT2D eigenvalue weighted by atomic mass is 9.98. The number of aryl methyl sites for hydroxylation is 1. The SMILES string of the molecule is O=C(CCc1nnc(-c2ccsc2)o1)N1CCc2sccc2C1c1cccs1. The fraction of sp³-hybridized carbons (Fsp3) is 0.250. The highest BCUT2D eigenvalue weighted by Crippen LogP contribution is 2.39. The van der Waals surface area contributed by atoms with Crippen LogP contribution in [-0.2, 0) is 17.6 Å². The van der Waals surface area contributed by atoms with E-state index in [0.717, 1.165) is 18.5 Å². The number of fused-ring (bicyclic) bond motifs is 1. The highest BCUT2D eigenvalue weighted by Gasteiger charge is 2.33. The largest absolute Gasteiger partial charge is 0.421 e. The molecule has 1 amide bonds. The highest BCUT2D eigenvalue weighted by atomic mass is 32.1. The summed E-state index contributed by atoms with van der Waals surface area (Å²) in [6.45, 7) is 0.749. The van der Waals surface area contributed by atoms with Crippen LogP contribution in [0.2, 0.25) is 0 Å². The molecule has 5 nitrogen and oxygen atoms in total. The Bertz CT molecular complexity index is 1070. The van der Waals surface area contributed by atoms with Crippen LogP contribution in [0.5, 0.6) is 0 Å². The van der Waals surface area contributed by atoms with E-state index in [4.69, 9.17) is 4.42 Å². The van der Waals surface area contributed by atoms with Crippen molar-refractivity contribution in [2.24, 2.45) is 0 Å². The van der Waals surface area contributed by atoms with Crippen LogP contribution in [0.15, 0.2) is 50.2 Å². The Labute approximate surface area is 174 Å². The van der Waals surface area contributed by atoms with Crippen LogP contribution in [0, 0.1) is 0 Å². The number of hydrogen-bond donors (Lipinski definition) is 0. The smallest absolute Gasteiger partial charge is 0.248 e. The lowest BCUT2D eigenvalue weighted by Crippen LogP contribution is -2.39. The Hall–Kier alpha value is -2.29. The van der Waals surface area contributed by atoms with Crippen LogP contribution in [-0.4, -0.2) is 27.5 Å². The topological polar surface area (TPSA) is 59.2 Å². The number of thiophene rings is 3. The van der Waals surface area contributed by atoms with Crippen molar-refractivity contribution in [2.45, 2.75) is 25.3 Å². The van der Waals surface area contributed by atoms with E-state index < -0.39 is 0 Å². The van der Waals surface area contributed by atoms with Gasteiger partial charge in [-0.2, -0.15) is 11.3 Å². The van der Waals surface area contributed by atoms with Gasteiger partial charge in [0.1, 0.15) is 0 Å². The first-order valence-electron chi connectivity index (χ1n) is 9.03. The number of hydrogen-bond acceptors (Lipinski definition) is 7. The van der Waals surface area contributed by atoms with Crippen LogP contribution in [0.3, 0.4) is 0 Å². The molecule has 1 aliphatic rings. The molecule has 0 spiro atoms. The predicted molar refractivity (Wildman–Crippen MR) is 112 cm³/mol. The number of amides is 1. The van der Waals surface area contributed by atoms with Gasteiger partial charge in [-0.25, -0.2) is 0 Å². The molecule has 1 unspecified atom stereocenters. The van der Waals surface area contributed by atoms with E-state index in [1.165, 1.54) is 15.3 Å². The monoisotopic (exact) mass is 427 g/mol. The molecule has 5 rings (SSSR count). The molecule has 5 heterocycles. The molecule has 4 aromatic heterocycles. The minimum Gasteiger partial charge on any atom is -0.421 e. The van der Waals surface area contributed by atoms with E-state index in [-0.39, 0.29) is 11.9 Å². The van der Waals surface area contributed by atoms with Gasteiger partial charge in [0.15, 0.2) is 0 Å². The van der Waals surface area contributed by atoms with Gasteiger partial charge in [0, 0.05) is 40.1 Å². The maximum Gasteiger partial charge on any atom is 0.248 e. The van der Waals surface area contributed by atoms with E-state index in [0.29, 0.717) is 24.6 Å². The summed E-state index contributed by atoms with van der Waals surface area (Å²) < 4.78 is 5.73. The fourth-order valence-electron chi connectivity index (χ4n) is 3.55. The average Bonchev–Trinajstić information content (AvgIpc) is 3.50. The Morgan fingerprint density at radius 1 is 1.18 bits per heavy atom. The molecule has 0 radical (unpaired) electrons. The molecule has 8 heteroatoms. The molecule has 0 aliphatic carbocycles. The Morgan fingerprint density at radius 3 is 2.96 bits per heavy atom. The second kappa shape index (κ2) is 7.62. The Kier molecular flexibility index (Phi) is 4.84. The molecule has 1 atom stereocenters. The average molecular weight is 428 g/mol. The molecule has 0 bridgehead atoms. The second-order valence-corrected chi connectivity index (χ2v) is 9.33. The zero-order valence-electron chi connectivity index (χ0n) is 14.9. The summed E-state index contributed by atoms with van der Waals surface area (Å²) in [4.78, 5) is 17.7. The Balaban J connectivity index is 1.32. The third-order valence-corrected chi connectivity index (χ3v) is 7.49. The van der Waals surface area contributed by atoms with Crippen LogP contribution in [0.25, 0.3) is 11.5 Å². The van der Waals surface area contributed by atoms with Crippen molar-refractivity contribution in [3.63, 3.8) is 0 Å². The summed E-state index contributed by atoms with van der Waals surface area (Å²) in [5.41, 5.74) is 2.19. The van der Waals surface area contributed by atoms with E-state index in [1.54, 1.807) is 34.0 Å². The van der Waals surface area contributed by atoms with Gasteiger partial charge in [0.25, 0.3) is 0 Å². The summed E-state index contributed by atoms with van der Waals surface area (Å²) in [6.07, 6.45) is 1.75. The number of nitrogens with zero attached hydrogens (tertiary/aromatic N) is 3. The van der Waals surface area contributed by atoms with Crippen molar-refractivity contribution >= 4 is 39.9 Å². The minimum absolute atomic E-state index is 0.0200. The third-order valence-electron chi connectivity index (χ3n) is 4.89. The number of carbonyl (C=O) groups is 1. The molecule has 4 aromatic rings. The molecule has 0 saturated heterocycles. The minimum atomic E-state index is 0.0200. The fourth-order valence-corrected chi connectivity index (χ4v) is 5.94. The van der Waals surface area contributed by atoms with E-state index >= 15 is 0 Å². The van der Waals surface area contributed by atoms with Gasteiger partial charge in [-0.05, 0) is 46.3 Å². The molecule has 1 aliphatic heterocycles. The van der Waals surface area contributed by atoms with Gasteiger partial charge < -0.3 is 9.32 Å². The van der Waals surface area contributed by atoms with Crippen molar-refractivity contribution in [3.8, 4) is 11.5 Å². The quantitative estimate of drug-likeness (QED) is 0.448. The molecule has 0 aromatic carbocycles. The van der Waals surface area contributed by atoms with E-state index in [2.05, 4.69) is 33.1 Å². The first kappa shape index (κ1) is 17.8. The first-order valence-corrected chi connectivity index (χ1v) is 11.7. The summed E-state index contributed by atoms with van der Waals surface area (Å²) in [5, 5.41) is 16.4. The standard InChI is InChI=1S/C20H17N3O2S3/c24-18(4-3-17-21-22-20(25-17)13-6-10-26-12-13)23-8-5-15-14(7-11-28-15)19(23)16-2-1-9-27-16/h1-2,6-7,9-12,19H,3-5,8H2.